The zero-order valence-corrected chi connectivity index (χ0v) is 18.3. The van der Waals surface area contributed by atoms with Gasteiger partial charge in [0, 0.05) is 31.7 Å². The highest BCUT2D eigenvalue weighted by molar-refractivity contribution is 6.00. The summed E-state index contributed by atoms with van der Waals surface area (Å²) in [4.78, 5) is 22.1. The predicted octanol–water partition coefficient (Wildman–Crippen LogP) is 4.37. The molecule has 7 nitrogen and oxygen atoms in total. The summed E-state index contributed by atoms with van der Waals surface area (Å²) < 4.78 is 11.0. The van der Waals surface area contributed by atoms with E-state index in [-0.39, 0.29) is 5.91 Å². The van der Waals surface area contributed by atoms with Crippen LogP contribution in [0.25, 0.3) is 22.8 Å². The van der Waals surface area contributed by atoms with Crippen LogP contribution in [0.1, 0.15) is 10.4 Å². The minimum atomic E-state index is -0.0373. The van der Waals surface area contributed by atoms with Crippen molar-refractivity contribution >= 4 is 11.6 Å². The number of hydrogen-bond donors (Lipinski definition) is 0. The molecule has 7 heteroatoms. The van der Waals surface area contributed by atoms with Crippen molar-refractivity contribution in [3.8, 4) is 28.6 Å². The zero-order chi connectivity index (χ0) is 22.6. The average molecular weight is 441 g/mol. The second-order valence-electron chi connectivity index (χ2n) is 7.79. The number of para-hydroxylation sites is 2. The summed E-state index contributed by atoms with van der Waals surface area (Å²) in [6.07, 6.45) is 0. The Balaban J connectivity index is 1.34. The maximum absolute atomic E-state index is 13.4. The van der Waals surface area contributed by atoms with E-state index in [2.05, 4.69) is 15.0 Å². The van der Waals surface area contributed by atoms with Gasteiger partial charge < -0.3 is 19.1 Å². The van der Waals surface area contributed by atoms with E-state index in [1.807, 2.05) is 83.8 Å². The number of rotatable bonds is 5. The maximum Gasteiger partial charge on any atom is 0.259 e. The van der Waals surface area contributed by atoms with Gasteiger partial charge in [-0.15, -0.1) is 0 Å². The molecule has 0 unspecified atom stereocenters. The van der Waals surface area contributed by atoms with Crippen molar-refractivity contribution in [1.82, 2.24) is 15.0 Å². The summed E-state index contributed by atoms with van der Waals surface area (Å²) in [5, 5.41) is 4.11. The number of carbonyl (C=O) groups excluding carboxylic acids is 1. The van der Waals surface area contributed by atoms with Gasteiger partial charge in [-0.05, 0) is 24.3 Å². The topological polar surface area (TPSA) is 71.7 Å². The number of amides is 1. The first-order chi connectivity index (χ1) is 16.2. The van der Waals surface area contributed by atoms with Gasteiger partial charge in [-0.3, -0.25) is 4.79 Å². The van der Waals surface area contributed by atoms with Gasteiger partial charge in [-0.2, -0.15) is 4.98 Å². The van der Waals surface area contributed by atoms with Crippen LogP contribution in [0.15, 0.2) is 83.4 Å². The Morgan fingerprint density at radius 3 is 2.36 bits per heavy atom. The number of piperazine rings is 1. The second kappa shape index (κ2) is 9.16. The molecule has 0 bridgehead atoms. The molecule has 1 aliphatic rings. The molecule has 0 radical (unpaired) electrons. The fourth-order valence-electron chi connectivity index (χ4n) is 4.11. The summed E-state index contributed by atoms with van der Waals surface area (Å²) in [6.45, 7) is 2.69. The van der Waals surface area contributed by atoms with Crippen LogP contribution in [0.3, 0.4) is 0 Å². The third-order valence-corrected chi connectivity index (χ3v) is 5.84. The molecule has 1 saturated heterocycles. The Labute approximate surface area is 192 Å². The molecule has 5 rings (SSSR count). The molecule has 0 spiro atoms. The molecule has 33 heavy (non-hydrogen) atoms. The SMILES string of the molecule is COc1ccccc1N1CCN(C(=O)c2ccccc2-c2nc(-c3ccccc3)no2)CC1. The number of anilines is 1. The minimum Gasteiger partial charge on any atom is -0.495 e. The molecule has 1 aliphatic heterocycles. The fraction of sp³-hybridized carbons (Fsp3) is 0.192. The van der Waals surface area contributed by atoms with E-state index in [1.54, 1.807) is 7.11 Å². The molecular weight excluding hydrogens is 416 g/mol. The fourth-order valence-corrected chi connectivity index (χ4v) is 4.11. The lowest BCUT2D eigenvalue weighted by molar-refractivity contribution is 0.0747. The molecule has 1 amide bonds. The molecule has 3 aromatic carbocycles. The van der Waals surface area contributed by atoms with Crippen molar-refractivity contribution in [1.29, 1.82) is 0 Å². The lowest BCUT2D eigenvalue weighted by Crippen LogP contribution is -2.49. The van der Waals surface area contributed by atoms with Crippen molar-refractivity contribution in [2.24, 2.45) is 0 Å². The lowest BCUT2D eigenvalue weighted by atomic mass is 10.1. The molecule has 2 heterocycles. The summed E-state index contributed by atoms with van der Waals surface area (Å²) in [5.41, 5.74) is 3.12. The number of ether oxygens (including phenoxy) is 1. The van der Waals surface area contributed by atoms with Gasteiger partial charge >= 0.3 is 0 Å². The molecule has 1 aromatic heterocycles. The lowest BCUT2D eigenvalue weighted by Gasteiger charge is -2.36. The summed E-state index contributed by atoms with van der Waals surface area (Å²) in [7, 11) is 1.68. The molecular formula is C26H24N4O3. The third-order valence-electron chi connectivity index (χ3n) is 5.84. The molecule has 0 saturated carbocycles. The third kappa shape index (κ3) is 4.17. The van der Waals surface area contributed by atoms with Crippen molar-refractivity contribution in [3.05, 3.63) is 84.4 Å². The predicted molar refractivity (Wildman–Crippen MR) is 126 cm³/mol. The molecule has 166 valence electrons. The van der Waals surface area contributed by atoms with Crippen LogP contribution in [0, 0.1) is 0 Å². The Morgan fingerprint density at radius 2 is 1.58 bits per heavy atom. The molecule has 0 atom stereocenters. The quantitative estimate of drug-likeness (QED) is 0.459. The van der Waals surface area contributed by atoms with Crippen LogP contribution < -0.4 is 9.64 Å². The average Bonchev–Trinajstić information content (AvgIpc) is 3.39. The summed E-state index contributed by atoms with van der Waals surface area (Å²) in [6, 6.07) is 25.0. The van der Waals surface area contributed by atoms with E-state index in [9.17, 15) is 4.79 Å². The van der Waals surface area contributed by atoms with Crippen LogP contribution in [0.2, 0.25) is 0 Å². The van der Waals surface area contributed by atoms with Crippen LogP contribution in [0.5, 0.6) is 5.75 Å². The monoisotopic (exact) mass is 440 g/mol. The molecule has 0 N–H and O–H groups in total. The number of hydrogen-bond acceptors (Lipinski definition) is 6. The largest absolute Gasteiger partial charge is 0.495 e. The van der Waals surface area contributed by atoms with Gasteiger partial charge in [0.1, 0.15) is 5.75 Å². The number of carbonyl (C=O) groups is 1. The number of nitrogens with zero attached hydrogens (tertiary/aromatic N) is 4. The highest BCUT2D eigenvalue weighted by atomic mass is 16.5. The standard InChI is InChI=1S/C26H24N4O3/c1-32-23-14-8-7-13-22(23)29-15-17-30(18-16-29)26(31)21-12-6-5-11-20(21)25-27-24(28-33-25)19-9-3-2-4-10-19/h2-14H,15-18H2,1H3. The van der Waals surface area contributed by atoms with Crippen molar-refractivity contribution < 1.29 is 14.1 Å². The molecule has 0 aliphatic carbocycles. The van der Waals surface area contributed by atoms with Gasteiger partial charge in [-0.25, -0.2) is 0 Å². The van der Waals surface area contributed by atoms with Gasteiger partial charge in [0.15, 0.2) is 0 Å². The number of benzene rings is 3. The van der Waals surface area contributed by atoms with E-state index in [1.165, 1.54) is 0 Å². The van der Waals surface area contributed by atoms with Crippen molar-refractivity contribution in [2.75, 3.05) is 38.2 Å². The van der Waals surface area contributed by atoms with Crippen LogP contribution in [0.4, 0.5) is 5.69 Å². The molecule has 4 aromatic rings. The van der Waals surface area contributed by atoms with Crippen molar-refractivity contribution in [2.45, 2.75) is 0 Å². The van der Waals surface area contributed by atoms with Crippen LogP contribution >= 0.6 is 0 Å². The summed E-state index contributed by atoms with van der Waals surface area (Å²) in [5.74, 6) is 1.64. The Kier molecular flexibility index (Phi) is 5.76. The van der Waals surface area contributed by atoms with Crippen molar-refractivity contribution in [3.63, 3.8) is 0 Å². The Hall–Kier alpha value is -4.13. The maximum atomic E-state index is 13.4. The van der Waals surface area contributed by atoms with Crippen LogP contribution in [-0.4, -0.2) is 54.2 Å². The van der Waals surface area contributed by atoms with E-state index in [4.69, 9.17) is 9.26 Å². The zero-order valence-electron chi connectivity index (χ0n) is 18.3. The Bertz CT molecular complexity index is 1250. The normalized spacial score (nSPS) is 13.7. The molecule has 1 fully saturated rings. The first-order valence-electron chi connectivity index (χ1n) is 10.9. The first kappa shape index (κ1) is 20.8. The van der Waals surface area contributed by atoms with E-state index < -0.39 is 0 Å². The van der Waals surface area contributed by atoms with Gasteiger partial charge in [-0.1, -0.05) is 59.8 Å². The highest BCUT2D eigenvalue weighted by Gasteiger charge is 2.26. The first-order valence-corrected chi connectivity index (χ1v) is 10.9. The van der Waals surface area contributed by atoms with E-state index >= 15 is 0 Å². The van der Waals surface area contributed by atoms with Gasteiger partial charge in [0.05, 0.1) is 23.9 Å². The highest BCUT2D eigenvalue weighted by Crippen LogP contribution is 2.30. The number of methoxy groups -OCH3 is 1. The van der Waals surface area contributed by atoms with Gasteiger partial charge in [0.2, 0.25) is 5.82 Å². The van der Waals surface area contributed by atoms with E-state index in [0.717, 1.165) is 30.1 Å². The summed E-state index contributed by atoms with van der Waals surface area (Å²) >= 11 is 0. The van der Waals surface area contributed by atoms with E-state index in [0.29, 0.717) is 35.9 Å². The number of aromatic nitrogens is 2. The second-order valence-corrected chi connectivity index (χ2v) is 7.79. The van der Waals surface area contributed by atoms with Gasteiger partial charge in [0.25, 0.3) is 11.8 Å². The minimum absolute atomic E-state index is 0.0373. The smallest absolute Gasteiger partial charge is 0.259 e. The van der Waals surface area contributed by atoms with Crippen LogP contribution in [-0.2, 0) is 0 Å². The Morgan fingerprint density at radius 1 is 0.879 bits per heavy atom.